The van der Waals surface area contributed by atoms with Gasteiger partial charge in [0, 0.05) is 18.0 Å². The van der Waals surface area contributed by atoms with Gasteiger partial charge in [-0.05, 0) is 73.7 Å². The van der Waals surface area contributed by atoms with Crippen LogP contribution in [0.4, 0.5) is 11.4 Å². The Labute approximate surface area is 211 Å². The van der Waals surface area contributed by atoms with E-state index in [4.69, 9.17) is 4.99 Å². The van der Waals surface area contributed by atoms with Gasteiger partial charge in [0.05, 0.1) is 11.4 Å². The summed E-state index contributed by atoms with van der Waals surface area (Å²) in [6.45, 7) is 5.85. The van der Waals surface area contributed by atoms with E-state index in [1.54, 1.807) is 11.8 Å². The standard InChI is InChI=1S/C28H33N3OS2/c1-3-5-19-31-26(32)25(27-30(4-2)23-13-9-10-14-24(23)33-27)34-28(31)29-22-17-15-21(16-18-22)20-11-7-6-8-12-20/h9-10,13-18,20H,3-8,11-12,19H2,1-2H3/b27-25-,29-28?. The summed E-state index contributed by atoms with van der Waals surface area (Å²) in [4.78, 5) is 24.7. The van der Waals surface area contributed by atoms with E-state index in [1.807, 2.05) is 4.90 Å². The van der Waals surface area contributed by atoms with Crippen LogP contribution in [0.25, 0.3) is 0 Å². The molecule has 1 saturated heterocycles. The fourth-order valence-electron chi connectivity index (χ4n) is 5.02. The van der Waals surface area contributed by atoms with Crippen LogP contribution in [-0.4, -0.2) is 29.1 Å². The number of nitrogens with zero attached hydrogens (tertiary/aromatic N) is 3. The molecule has 2 heterocycles. The van der Waals surface area contributed by atoms with Crippen LogP contribution in [0.1, 0.15) is 70.3 Å². The molecule has 0 N–H and O–H groups in total. The SMILES string of the molecule is CCCCN1C(=O)/C(=C2/Sc3ccccc3N2CC)SC1=Nc1ccc(C2CCCCC2)cc1. The van der Waals surface area contributed by atoms with E-state index in [9.17, 15) is 4.79 Å². The van der Waals surface area contributed by atoms with E-state index in [0.717, 1.165) is 40.2 Å². The van der Waals surface area contributed by atoms with Crippen molar-refractivity contribution in [3.8, 4) is 0 Å². The molecule has 6 heteroatoms. The molecule has 0 unspecified atom stereocenters. The van der Waals surface area contributed by atoms with Gasteiger partial charge in [-0.1, -0.05) is 68.6 Å². The number of thioether (sulfide) groups is 2. The lowest BCUT2D eigenvalue weighted by atomic mass is 9.84. The third-order valence-electron chi connectivity index (χ3n) is 6.91. The van der Waals surface area contributed by atoms with Crippen molar-refractivity contribution < 1.29 is 4.79 Å². The van der Waals surface area contributed by atoms with Crippen LogP contribution in [-0.2, 0) is 4.79 Å². The summed E-state index contributed by atoms with van der Waals surface area (Å²) in [5.41, 5.74) is 3.55. The second-order valence-electron chi connectivity index (χ2n) is 9.18. The Morgan fingerprint density at radius 1 is 0.941 bits per heavy atom. The molecule has 2 aliphatic heterocycles. The topological polar surface area (TPSA) is 35.9 Å². The van der Waals surface area contributed by atoms with Gasteiger partial charge >= 0.3 is 0 Å². The van der Waals surface area contributed by atoms with E-state index < -0.39 is 0 Å². The lowest BCUT2D eigenvalue weighted by Crippen LogP contribution is -2.30. The molecule has 1 amide bonds. The highest BCUT2D eigenvalue weighted by molar-refractivity contribution is 8.19. The van der Waals surface area contributed by atoms with E-state index in [2.05, 4.69) is 67.3 Å². The zero-order valence-electron chi connectivity index (χ0n) is 20.1. The average Bonchev–Trinajstić information content (AvgIpc) is 3.40. The van der Waals surface area contributed by atoms with Crippen molar-refractivity contribution in [2.75, 3.05) is 18.0 Å². The number of hydrogen-bond donors (Lipinski definition) is 0. The number of anilines is 1. The number of carbonyl (C=O) groups is 1. The number of carbonyl (C=O) groups excluding carboxylic acids is 1. The molecule has 34 heavy (non-hydrogen) atoms. The van der Waals surface area contributed by atoms with Gasteiger partial charge in [-0.15, -0.1) is 0 Å². The van der Waals surface area contributed by atoms with Crippen LogP contribution < -0.4 is 4.90 Å². The van der Waals surface area contributed by atoms with Gasteiger partial charge in [0.1, 0.15) is 9.93 Å². The van der Waals surface area contributed by atoms with E-state index in [0.29, 0.717) is 12.5 Å². The van der Waals surface area contributed by atoms with E-state index >= 15 is 0 Å². The summed E-state index contributed by atoms with van der Waals surface area (Å²) in [6, 6.07) is 17.2. The molecule has 5 rings (SSSR count). The third kappa shape index (κ3) is 4.67. The van der Waals surface area contributed by atoms with Crippen LogP contribution in [0.3, 0.4) is 0 Å². The predicted octanol–water partition coefficient (Wildman–Crippen LogP) is 7.90. The molecule has 3 aliphatic rings. The van der Waals surface area contributed by atoms with Crippen molar-refractivity contribution in [2.45, 2.75) is 69.6 Å². The summed E-state index contributed by atoms with van der Waals surface area (Å²) >= 11 is 3.24. The number of unbranched alkanes of at least 4 members (excludes halogenated alkanes) is 1. The summed E-state index contributed by atoms with van der Waals surface area (Å²) < 4.78 is 0. The van der Waals surface area contributed by atoms with Crippen molar-refractivity contribution in [1.82, 2.24) is 4.90 Å². The second-order valence-corrected chi connectivity index (χ2v) is 11.2. The van der Waals surface area contributed by atoms with Gasteiger partial charge in [0.25, 0.3) is 5.91 Å². The van der Waals surface area contributed by atoms with Crippen molar-refractivity contribution >= 4 is 46.0 Å². The first-order valence-electron chi connectivity index (χ1n) is 12.7. The minimum absolute atomic E-state index is 0.0878. The summed E-state index contributed by atoms with van der Waals surface area (Å²) in [5.74, 6) is 0.779. The largest absolute Gasteiger partial charge is 0.334 e. The van der Waals surface area contributed by atoms with Crippen molar-refractivity contribution in [3.05, 3.63) is 64.0 Å². The smallest absolute Gasteiger partial charge is 0.269 e. The van der Waals surface area contributed by atoms with E-state index in [1.165, 1.54) is 60.0 Å². The van der Waals surface area contributed by atoms with Crippen molar-refractivity contribution in [2.24, 2.45) is 4.99 Å². The molecule has 0 aromatic heterocycles. The first kappa shape index (κ1) is 23.6. The fraction of sp³-hybridized carbons (Fsp3) is 0.429. The maximum absolute atomic E-state index is 13.6. The number of amidine groups is 1. The number of hydrogen-bond acceptors (Lipinski definition) is 5. The minimum atomic E-state index is 0.0878. The maximum atomic E-state index is 13.6. The van der Waals surface area contributed by atoms with Crippen molar-refractivity contribution in [3.63, 3.8) is 0 Å². The molecule has 4 nitrogen and oxygen atoms in total. The summed E-state index contributed by atoms with van der Waals surface area (Å²) in [6.07, 6.45) is 8.67. The Hall–Kier alpha value is -2.18. The van der Waals surface area contributed by atoms with Crippen LogP contribution in [0.2, 0.25) is 0 Å². The van der Waals surface area contributed by atoms with E-state index in [-0.39, 0.29) is 5.91 Å². The average molecular weight is 492 g/mol. The highest BCUT2D eigenvalue weighted by Gasteiger charge is 2.39. The number of amides is 1. The first-order chi connectivity index (χ1) is 16.7. The van der Waals surface area contributed by atoms with Crippen LogP contribution in [0.15, 0.2) is 68.4 Å². The second kappa shape index (κ2) is 10.6. The van der Waals surface area contributed by atoms with Gasteiger partial charge < -0.3 is 4.90 Å². The lowest BCUT2D eigenvalue weighted by molar-refractivity contribution is -0.122. The monoisotopic (exact) mass is 491 g/mol. The van der Waals surface area contributed by atoms with Crippen molar-refractivity contribution in [1.29, 1.82) is 0 Å². The molecule has 0 radical (unpaired) electrons. The first-order valence-corrected chi connectivity index (χ1v) is 14.3. The minimum Gasteiger partial charge on any atom is -0.334 e. The predicted molar refractivity (Wildman–Crippen MR) is 146 cm³/mol. The highest BCUT2D eigenvalue weighted by Crippen LogP contribution is 2.50. The molecule has 1 aliphatic carbocycles. The number of fused-ring (bicyclic) bond motifs is 1. The van der Waals surface area contributed by atoms with Gasteiger partial charge in [-0.3, -0.25) is 9.69 Å². The zero-order chi connectivity index (χ0) is 23.5. The molecule has 0 spiro atoms. The molecular formula is C28H33N3OS2. The van der Waals surface area contributed by atoms with Crippen LogP contribution in [0.5, 0.6) is 0 Å². The maximum Gasteiger partial charge on any atom is 0.269 e. The number of aliphatic imine (C=N–C) groups is 1. The van der Waals surface area contributed by atoms with Gasteiger partial charge in [0.15, 0.2) is 5.17 Å². The normalized spacial score (nSPS) is 22.2. The third-order valence-corrected chi connectivity index (χ3v) is 9.29. The van der Waals surface area contributed by atoms with Gasteiger partial charge in [0.2, 0.25) is 0 Å². The summed E-state index contributed by atoms with van der Waals surface area (Å²) in [5, 5.41) is 1.84. The fourth-order valence-corrected chi connectivity index (χ4v) is 7.43. The van der Waals surface area contributed by atoms with Gasteiger partial charge in [-0.25, -0.2) is 4.99 Å². The quantitative estimate of drug-likeness (QED) is 0.385. The van der Waals surface area contributed by atoms with Crippen LogP contribution >= 0.6 is 23.5 Å². The zero-order valence-corrected chi connectivity index (χ0v) is 21.8. The number of rotatable bonds is 6. The molecule has 2 aromatic rings. The molecule has 2 fully saturated rings. The van der Waals surface area contributed by atoms with Crippen LogP contribution in [0, 0.1) is 0 Å². The Morgan fingerprint density at radius 2 is 1.71 bits per heavy atom. The number of para-hydroxylation sites is 1. The Balaban J connectivity index is 1.44. The van der Waals surface area contributed by atoms with Gasteiger partial charge in [-0.2, -0.15) is 0 Å². The lowest BCUT2D eigenvalue weighted by Gasteiger charge is -2.22. The molecule has 0 atom stereocenters. The molecular weight excluding hydrogens is 458 g/mol. The highest BCUT2D eigenvalue weighted by atomic mass is 32.2. The number of benzene rings is 2. The molecule has 2 aromatic carbocycles. The Kier molecular flexibility index (Phi) is 7.35. The Bertz CT molecular complexity index is 1100. The Morgan fingerprint density at radius 3 is 2.44 bits per heavy atom. The molecule has 178 valence electrons. The summed E-state index contributed by atoms with van der Waals surface area (Å²) in [7, 11) is 0. The molecule has 1 saturated carbocycles. The molecule has 0 bridgehead atoms.